The summed E-state index contributed by atoms with van der Waals surface area (Å²) < 4.78 is 11.1. The van der Waals surface area contributed by atoms with Crippen LogP contribution in [0, 0.1) is 5.92 Å². The number of nitrogens with zero attached hydrogens (tertiary/aromatic N) is 1. The summed E-state index contributed by atoms with van der Waals surface area (Å²) in [5.74, 6) is 1.39. The first kappa shape index (κ1) is 16.9. The molecule has 1 N–H and O–H groups in total. The third-order valence-corrected chi connectivity index (χ3v) is 4.26. The monoisotopic (exact) mass is 366 g/mol. The molecule has 1 aliphatic rings. The van der Waals surface area contributed by atoms with Crippen LogP contribution >= 0.6 is 23.2 Å². The maximum absolute atomic E-state index is 12.5. The minimum absolute atomic E-state index is 0.273. The van der Waals surface area contributed by atoms with Crippen molar-refractivity contribution >= 4 is 34.8 Å². The van der Waals surface area contributed by atoms with E-state index >= 15 is 0 Å². The summed E-state index contributed by atoms with van der Waals surface area (Å²) >= 11 is 12.1. The molecule has 0 aliphatic heterocycles. The first-order valence-electron chi connectivity index (χ1n) is 7.49. The Kier molecular flexibility index (Phi) is 5.11. The maximum atomic E-state index is 12.5. The van der Waals surface area contributed by atoms with Crippen LogP contribution in [0.3, 0.4) is 0 Å². The molecule has 0 saturated heterocycles. The van der Waals surface area contributed by atoms with Crippen LogP contribution < -0.4 is 14.8 Å². The van der Waals surface area contributed by atoms with Gasteiger partial charge in [0.1, 0.15) is 0 Å². The van der Waals surface area contributed by atoms with E-state index in [4.69, 9.17) is 32.7 Å². The Bertz CT molecular complexity index is 743. The summed E-state index contributed by atoms with van der Waals surface area (Å²) in [6.07, 6.45) is 5.20. The highest BCUT2D eigenvalue weighted by Crippen LogP contribution is 2.34. The largest absolute Gasteiger partial charge is 0.493 e. The highest BCUT2D eigenvalue weighted by molar-refractivity contribution is 6.39. The Labute approximate surface area is 149 Å². The SMILES string of the molecule is COc1ccc(C(=O)Nc2c(Cl)cncc2Cl)cc1OCC1CC1. The normalized spacial score (nSPS) is 13.5. The van der Waals surface area contributed by atoms with Gasteiger partial charge in [0.25, 0.3) is 5.91 Å². The summed E-state index contributed by atoms with van der Waals surface area (Å²) in [6.45, 7) is 0.628. The average molecular weight is 367 g/mol. The second-order valence-electron chi connectivity index (χ2n) is 5.55. The van der Waals surface area contributed by atoms with Gasteiger partial charge in [0.15, 0.2) is 11.5 Å². The zero-order chi connectivity index (χ0) is 17.1. The van der Waals surface area contributed by atoms with Gasteiger partial charge in [0.2, 0.25) is 0 Å². The number of amides is 1. The molecule has 7 heteroatoms. The number of halogens is 2. The van der Waals surface area contributed by atoms with Crippen LogP contribution in [0.15, 0.2) is 30.6 Å². The van der Waals surface area contributed by atoms with Crippen LogP contribution in [-0.2, 0) is 0 Å². The lowest BCUT2D eigenvalue weighted by atomic mass is 10.2. The van der Waals surface area contributed by atoms with Crippen molar-refractivity contribution in [2.75, 3.05) is 19.0 Å². The summed E-state index contributed by atoms with van der Waals surface area (Å²) in [5.41, 5.74) is 0.750. The lowest BCUT2D eigenvalue weighted by Crippen LogP contribution is -2.13. The van der Waals surface area contributed by atoms with Gasteiger partial charge in [-0.25, -0.2) is 0 Å². The molecule has 3 rings (SSSR count). The number of carbonyl (C=O) groups is 1. The van der Waals surface area contributed by atoms with Gasteiger partial charge in [-0.1, -0.05) is 23.2 Å². The van der Waals surface area contributed by atoms with Gasteiger partial charge >= 0.3 is 0 Å². The topological polar surface area (TPSA) is 60.5 Å². The van der Waals surface area contributed by atoms with Crippen LogP contribution in [-0.4, -0.2) is 24.6 Å². The first-order chi connectivity index (χ1) is 11.6. The molecular weight excluding hydrogens is 351 g/mol. The number of anilines is 1. The van der Waals surface area contributed by atoms with Crippen LogP contribution in [0.2, 0.25) is 10.0 Å². The molecule has 2 aromatic rings. The number of methoxy groups -OCH3 is 1. The molecule has 0 atom stereocenters. The molecule has 1 fully saturated rings. The molecule has 1 aromatic heterocycles. The van der Waals surface area contributed by atoms with Gasteiger partial charge in [0.05, 0.1) is 29.4 Å². The van der Waals surface area contributed by atoms with Gasteiger partial charge in [0, 0.05) is 18.0 Å². The van der Waals surface area contributed by atoms with E-state index in [-0.39, 0.29) is 16.0 Å². The van der Waals surface area contributed by atoms with Crippen LogP contribution in [0.5, 0.6) is 11.5 Å². The van der Waals surface area contributed by atoms with E-state index in [0.717, 1.165) is 0 Å². The highest BCUT2D eigenvalue weighted by Gasteiger charge is 2.23. The summed E-state index contributed by atoms with van der Waals surface area (Å²) in [5, 5.41) is 3.24. The Balaban J connectivity index is 1.79. The number of hydrogen-bond donors (Lipinski definition) is 1. The number of pyridine rings is 1. The van der Waals surface area contributed by atoms with Crippen molar-refractivity contribution in [3.8, 4) is 11.5 Å². The molecule has 0 spiro atoms. The average Bonchev–Trinajstić information content (AvgIpc) is 3.40. The van der Waals surface area contributed by atoms with Crippen molar-refractivity contribution < 1.29 is 14.3 Å². The van der Waals surface area contributed by atoms with E-state index < -0.39 is 0 Å². The Morgan fingerprint density at radius 3 is 2.58 bits per heavy atom. The quantitative estimate of drug-likeness (QED) is 0.820. The van der Waals surface area contributed by atoms with E-state index in [1.165, 1.54) is 25.2 Å². The number of carbonyl (C=O) groups excluding carboxylic acids is 1. The first-order valence-corrected chi connectivity index (χ1v) is 8.25. The number of benzene rings is 1. The Morgan fingerprint density at radius 1 is 1.25 bits per heavy atom. The smallest absolute Gasteiger partial charge is 0.255 e. The number of hydrogen-bond acceptors (Lipinski definition) is 4. The molecule has 1 aromatic carbocycles. The molecular formula is C17H16Cl2N2O3. The van der Waals surface area contributed by atoms with Crippen molar-refractivity contribution in [3.63, 3.8) is 0 Å². The number of nitrogens with one attached hydrogen (secondary N) is 1. The molecule has 5 nitrogen and oxygen atoms in total. The Hall–Kier alpha value is -1.98. The second-order valence-corrected chi connectivity index (χ2v) is 6.37. The molecule has 1 aliphatic carbocycles. The standard InChI is InChI=1S/C17H16Cl2N2O3/c1-23-14-5-4-11(6-15(14)24-9-10-2-3-10)17(22)21-16-12(18)7-20-8-13(16)19/h4-8,10H,2-3,9H2,1H3,(H,20,21,22). The van der Waals surface area contributed by atoms with Gasteiger partial charge < -0.3 is 14.8 Å². The van der Waals surface area contributed by atoms with Crippen molar-refractivity contribution in [2.45, 2.75) is 12.8 Å². The highest BCUT2D eigenvalue weighted by atomic mass is 35.5. The fraction of sp³-hybridized carbons (Fsp3) is 0.294. The number of ether oxygens (including phenoxy) is 2. The van der Waals surface area contributed by atoms with Crippen molar-refractivity contribution in [1.29, 1.82) is 0 Å². The van der Waals surface area contributed by atoms with E-state index in [1.807, 2.05) is 0 Å². The van der Waals surface area contributed by atoms with E-state index in [1.54, 1.807) is 25.3 Å². The molecule has 24 heavy (non-hydrogen) atoms. The molecule has 1 saturated carbocycles. The zero-order valence-corrected chi connectivity index (χ0v) is 14.5. The second kappa shape index (κ2) is 7.28. The fourth-order valence-corrected chi connectivity index (χ4v) is 2.60. The van der Waals surface area contributed by atoms with Crippen LogP contribution in [0.25, 0.3) is 0 Å². The van der Waals surface area contributed by atoms with E-state index in [0.29, 0.717) is 35.3 Å². The minimum Gasteiger partial charge on any atom is -0.493 e. The van der Waals surface area contributed by atoms with Crippen molar-refractivity contribution in [1.82, 2.24) is 4.98 Å². The van der Waals surface area contributed by atoms with Crippen molar-refractivity contribution in [3.05, 3.63) is 46.2 Å². The third kappa shape index (κ3) is 3.91. The van der Waals surface area contributed by atoms with Gasteiger partial charge in [-0.15, -0.1) is 0 Å². The number of aromatic nitrogens is 1. The minimum atomic E-state index is -0.344. The maximum Gasteiger partial charge on any atom is 0.255 e. The number of rotatable bonds is 6. The molecule has 1 heterocycles. The molecule has 0 unspecified atom stereocenters. The van der Waals surface area contributed by atoms with Crippen LogP contribution in [0.4, 0.5) is 5.69 Å². The third-order valence-electron chi connectivity index (χ3n) is 3.69. The van der Waals surface area contributed by atoms with Gasteiger partial charge in [-0.3, -0.25) is 9.78 Å². The molecule has 1 amide bonds. The predicted octanol–water partition coefficient (Wildman–Crippen LogP) is 4.44. The summed E-state index contributed by atoms with van der Waals surface area (Å²) in [4.78, 5) is 16.3. The molecule has 0 bridgehead atoms. The molecule has 126 valence electrons. The van der Waals surface area contributed by atoms with Crippen LogP contribution in [0.1, 0.15) is 23.2 Å². The fourth-order valence-electron chi connectivity index (χ4n) is 2.14. The van der Waals surface area contributed by atoms with Crippen molar-refractivity contribution in [2.24, 2.45) is 5.92 Å². The Morgan fingerprint density at radius 2 is 1.96 bits per heavy atom. The summed E-state index contributed by atoms with van der Waals surface area (Å²) in [7, 11) is 1.57. The van der Waals surface area contributed by atoms with E-state index in [9.17, 15) is 4.79 Å². The van der Waals surface area contributed by atoms with Gasteiger partial charge in [-0.2, -0.15) is 0 Å². The zero-order valence-electron chi connectivity index (χ0n) is 13.0. The summed E-state index contributed by atoms with van der Waals surface area (Å²) in [6, 6.07) is 5.01. The van der Waals surface area contributed by atoms with Gasteiger partial charge in [-0.05, 0) is 37.0 Å². The predicted molar refractivity (Wildman–Crippen MR) is 93.4 cm³/mol. The lowest BCUT2D eigenvalue weighted by molar-refractivity contribution is 0.102. The molecule has 0 radical (unpaired) electrons. The lowest BCUT2D eigenvalue weighted by Gasteiger charge is -2.13. The van der Waals surface area contributed by atoms with E-state index in [2.05, 4.69) is 10.3 Å².